The van der Waals surface area contributed by atoms with Crippen LogP contribution in [0.15, 0.2) is 0 Å². The van der Waals surface area contributed by atoms with Gasteiger partial charge in [0.2, 0.25) is 0 Å². The molecule has 0 aromatic rings. The third-order valence-corrected chi connectivity index (χ3v) is 3.12. The maximum absolute atomic E-state index is 11.8. The Hall–Kier alpha value is -0.770. The predicted molar refractivity (Wildman–Crippen MR) is 55.1 cm³/mol. The Morgan fingerprint density at radius 3 is 3.00 bits per heavy atom. The number of fused-ring (bicyclic) bond motifs is 1. The molecule has 80 valence electrons. The molecule has 14 heavy (non-hydrogen) atoms. The van der Waals surface area contributed by atoms with Crippen molar-refractivity contribution in [2.75, 3.05) is 19.6 Å². The molecular formula is C10H19N3O. The second-order valence-corrected chi connectivity index (χ2v) is 4.57. The SMILES string of the molecule is CC(C)NC(=O)N1CCC2CNCC21. The van der Waals surface area contributed by atoms with E-state index in [0.29, 0.717) is 12.0 Å². The topological polar surface area (TPSA) is 44.4 Å². The van der Waals surface area contributed by atoms with E-state index in [2.05, 4.69) is 10.6 Å². The summed E-state index contributed by atoms with van der Waals surface area (Å²) in [6.07, 6.45) is 1.16. The number of urea groups is 1. The third kappa shape index (κ3) is 1.71. The van der Waals surface area contributed by atoms with Crippen molar-refractivity contribution in [3.05, 3.63) is 0 Å². The molecule has 0 aromatic carbocycles. The second kappa shape index (κ2) is 3.77. The largest absolute Gasteiger partial charge is 0.336 e. The molecular weight excluding hydrogens is 178 g/mol. The molecule has 2 rings (SSSR count). The van der Waals surface area contributed by atoms with E-state index in [1.54, 1.807) is 0 Å². The first-order chi connectivity index (χ1) is 6.68. The van der Waals surface area contributed by atoms with Crippen molar-refractivity contribution in [2.24, 2.45) is 5.92 Å². The Bertz CT molecular complexity index is 229. The molecule has 2 amide bonds. The summed E-state index contributed by atoms with van der Waals surface area (Å²) in [7, 11) is 0. The van der Waals surface area contributed by atoms with Gasteiger partial charge in [-0.25, -0.2) is 4.79 Å². The highest BCUT2D eigenvalue weighted by atomic mass is 16.2. The number of nitrogens with zero attached hydrogens (tertiary/aromatic N) is 1. The summed E-state index contributed by atoms with van der Waals surface area (Å²) in [5.41, 5.74) is 0. The molecule has 2 fully saturated rings. The van der Waals surface area contributed by atoms with E-state index in [4.69, 9.17) is 0 Å². The van der Waals surface area contributed by atoms with Crippen molar-refractivity contribution in [3.63, 3.8) is 0 Å². The van der Waals surface area contributed by atoms with Crippen LogP contribution in [-0.2, 0) is 0 Å². The Labute approximate surface area is 85.0 Å². The lowest BCUT2D eigenvalue weighted by atomic mass is 10.1. The first-order valence-electron chi connectivity index (χ1n) is 5.46. The quantitative estimate of drug-likeness (QED) is 0.639. The average molecular weight is 197 g/mol. The van der Waals surface area contributed by atoms with E-state index in [-0.39, 0.29) is 12.1 Å². The average Bonchev–Trinajstić information content (AvgIpc) is 2.59. The van der Waals surface area contributed by atoms with Crippen LogP contribution in [0.4, 0.5) is 4.79 Å². The molecule has 2 N–H and O–H groups in total. The number of amides is 2. The number of likely N-dealkylation sites (tertiary alicyclic amines) is 1. The third-order valence-electron chi connectivity index (χ3n) is 3.12. The summed E-state index contributed by atoms with van der Waals surface area (Å²) < 4.78 is 0. The summed E-state index contributed by atoms with van der Waals surface area (Å²) >= 11 is 0. The lowest BCUT2D eigenvalue weighted by Gasteiger charge is -2.24. The van der Waals surface area contributed by atoms with Crippen LogP contribution in [0.1, 0.15) is 20.3 Å². The summed E-state index contributed by atoms with van der Waals surface area (Å²) in [4.78, 5) is 13.8. The maximum Gasteiger partial charge on any atom is 0.317 e. The lowest BCUT2D eigenvalue weighted by molar-refractivity contribution is 0.190. The van der Waals surface area contributed by atoms with E-state index in [9.17, 15) is 4.79 Å². The normalized spacial score (nSPS) is 30.9. The summed E-state index contributed by atoms with van der Waals surface area (Å²) in [5, 5.41) is 6.30. The highest BCUT2D eigenvalue weighted by Gasteiger charge is 2.39. The van der Waals surface area contributed by atoms with E-state index < -0.39 is 0 Å². The first kappa shape index (κ1) is 9.77. The fraction of sp³-hybridized carbons (Fsp3) is 0.900. The van der Waals surface area contributed by atoms with Gasteiger partial charge in [0.1, 0.15) is 0 Å². The van der Waals surface area contributed by atoms with Crippen LogP contribution in [-0.4, -0.2) is 42.6 Å². The van der Waals surface area contributed by atoms with Gasteiger partial charge in [-0.1, -0.05) is 0 Å². The molecule has 2 atom stereocenters. The first-order valence-corrected chi connectivity index (χ1v) is 5.46. The monoisotopic (exact) mass is 197 g/mol. The zero-order valence-electron chi connectivity index (χ0n) is 8.92. The van der Waals surface area contributed by atoms with Crippen LogP contribution < -0.4 is 10.6 Å². The number of carbonyl (C=O) groups excluding carboxylic acids is 1. The highest BCUT2D eigenvalue weighted by Crippen LogP contribution is 2.26. The van der Waals surface area contributed by atoms with Crippen molar-refractivity contribution in [1.29, 1.82) is 0 Å². The molecule has 4 heteroatoms. The molecule has 2 aliphatic heterocycles. The highest BCUT2D eigenvalue weighted by molar-refractivity contribution is 5.75. The minimum atomic E-state index is 0.108. The summed E-state index contributed by atoms with van der Waals surface area (Å²) in [5.74, 6) is 0.688. The van der Waals surface area contributed by atoms with Gasteiger partial charge in [0.15, 0.2) is 0 Å². The number of carbonyl (C=O) groups is 1. The lowest BCUT2D eigenvalue weighted by Crippen LogP contribution is -2.47. The van der Waals surface area contributed by atoms with Gasteiger partial charge in [0, 0.05) is 31.7 Å². The van der Waals surface area contributed by atoms with Gasteiger partial charge in [0.05, 0.1) is 0 Å². The van der Waals surface area contributed by atoms with Gasteiger partial charge in [-0.15, -0.1) is 0 Å². The van der Waals surface area contributed by atoms with E-state index in [0.717, 1.165) is 26.1 Å². The van der Waals surface area contributed by atoms with Crippen LogP contribution in [0.2, 0.25) is 0 Å². The fourth-order valence-corrected chi connectivity index (χ4v) is 2.43. The summed E-state index contributed by atoms with van der Waals surface area (Å²) in [6, 6.07) is 0.779. The van der Waals surface area contributed by atoms with Crippen molar-refractivity contribution in [2.45, 2.75) is 32.4 Å². The fourth-order valence-electron chi connectivity index (χ4n) is 2.43. The van der Waals surface area contributed by atoms with Crippen LogP contribution >= 0.6 is 0 Å². The Morgan fingerprint density at radius 2 is 2.29 bits per heavy atom. The molecule has 2 saturated heterocycles. The van der Waals surface area contributed by atoms with Crippen LogP contribution in [0.5, 0.6) is 0 Å². The van der Waals surface area contributed by atoms with Crippen molar-refractivity contribution in [3.8, 4) is 0 Å². The smallest absolute Gasteiger partial charge is 0.317 e. The van der Waals surface area contributed by atoms with Crippen molar-refractivity contribution >= 4 is 6.03 Å². The number of rotatable bonds is 1. The Morgan fingerprint density at radius 1 is 1.50 bits per heavy atom. The molecule has 4 nitrogen and oxygen atoms in total. The van der Waals surface area contributed by atoms with Gasteiger partial charge >= 0.3 is 6.03 Å². The maximum atomic E-state index is 11.8. The van der Waals surface area contributed by atoms with E-state index >= 15 is 0 Å². The Kier molecular flexibility index (Phi) is 2.63. The molecule has 0 aromatic heterocycles. The molecule has 0 radical (unpaired) electrons. The molecule has 0 spiro atoms. The predicted octanol–water partition coefficient (Wildman–Crippen LogP) is 0.398. The van der Waals surface area contributed by atoms with Crippen molar-refractivity contribution in [1.82, 2.24) is 15.5 Å². The molecule has 2 heterocycles. The number of hydrogen-bond acceptors (Lipinski definition) is 2. The second-order valence-electron chi connectivity index (χ2n) is 4.57. The molecule has 0 saturated carbocycles. The zero-order chi connectivity index (χ0) is 10.1. The standard InChI is InChI=1S/C10H19N3O/c1-7(2)12-10(14)13-4-3-8-5-11-6-9(8)13/h7-9,11H,3-6H2,1-2H3,(H,12,14). The molecule has 0 aliphatic carbocycles. The number of hydrogen-bond donors (Lipinski definition) is 2. The van der Waals surface area contributed by atoms with E-state index in [1.165, 1.54) is 0 Å². The van der Waals surface area contributed by atoms with Crippen molar-refractivity contribution < 1.29 is 4.79 Å². The summed E-state index contributed by atoms with van der Waals surface area (Å²) in [6.45, 7) is 6.97. The van der Waals surface area contributed by atoms with Gasteiger partial charge < -0.3 is 15.5 Å². The Balaban J connectivity index is 1.94. The van der Waals surface area contributed by atoms with Crippen LogP contribution in [0, 0.1) is 5.92 Å². The van der Waals surface area contributed by atoms with Gasteiger partial charge in [0.25, 0.3) is 0 Å². The van der Waals surface area contributed by atoms with Crippen LogP contribution in [0.3, 0.4) is 0 Å². The minimum absolute atomic E-state index is 0.108. The number of nitrogens with one attached hydrogen (secondary N) is 2. The molecule has 2 aliphatic rings. The van der Waals surface area contributed by atoms with Gasteiger partial charge in [-0.2, -0.15) is 0 Å². The van der Waals surface area contributed by atoms with Gasteiger partial charge in [-0.3, -0.25) is 0 Å². The molecule has 0 bridgehead atoms. The van der Waals surface area contributed by atoms with Gasteiger partial charge in [-0.05, 0) is 26.2 Å². The molecule has 2 unspecified atom stereocenters. The minimum Gasteiger partial charge on any atom is -0.336 e. The zero-order valence-corrected chi connectivity index (χ0v) is 8.92. The van der Waals surface area contributed by atoms with Crippen LogP contribution in [0.25, 0.3) is 0 Å². The van der Waals surface area contributed by atoms with E-state index in [1.807, 2.05) is 18.7 Å².